The van der Waals surface area contributed by atoms with Crippen molar-refractivity contribution in [3.8, 4) is 5.88 Å². The molecule has 5 nitrogen and oxygen atoms in total. The van der Waals surface area contributed by atoms with Gasteiger partial charge in [0.05, 0.1) is 18.5 Å². The molecule has 0 bridgehead atoms. The molecule has 2 aromatic heterocycles. The minimum Gasteiger partial charge on any atom is -0.337 e. The van der Waals surface area contributed by atoms with Crippen molar-refractivity contribution < 1.29 is 4.84 Å². The van der Waals surface area contributed by atoms with E-state index in [1.165, 1.54) is 17.4 Å². The van der Waals surface area contributed by atoms with Crippen LogP contribution in [0, 0.1) is 6.07 Å². The van der Waals surface area contributed by atoms with E-state index in [0.29, 0.717) is 5.88 Å². The Morgan fingerprint density at radius 3 is 3.17 bits per heavy atom. The van der Waals surface area contributed by atoms with Crippen molar-refractivity contribution in [2.75, 3.05) is 0 Å². The summed E-state index contributed by atoms with van der Waals surface area (Å²) in [6.45, 7) is 0. The molecule has 0 saturated carbocycles. The molecule has 2 rings (SSSR count). The molecule has 0 aliphatic heterocycles. The average Bonchev–Trinajstić information content (AvgIpc) is 2.59. The van der Waals surface area contributed by atoms with Gasteiger partial charge < -0.3 is 4.84 Å². The molecular formula is C7H5N4O. The third-order valence-electron chi connectivity index (χ3n) is 1.16. The first-order valence-corrected chi connectivity index (χ1v) is 3.31. The summed E-state index contributed by atoms with van der Waals surface area (Å²) in [5.41, 5.74) is 0. The summed E-state index contributed by atoms with van der Waals surface area (Å²) in [5.74, 6) is 0.341. The second kappa shape index (κ2) is 3.00. The molecule has 12 heavy (non-hydrogen) atoms. The first-order chi connectivity index (χ1) is 5.95. The molecule has 0 N–H and O–H groups in total. The fourth-order valence-electron chi connectivity index (χ4n) is 0.696. The fourth-order valence-corrected chi connectivity index (χ4v) is 0.696. The van der Waals surface area contributed by atoms with Crippen molar-refractivity contribution in [2.24, 2.45) is 0 Å². The van der Waals surface area contributed by atoms with Crippen LogP contribution in [0.15, 0.2) is 31.0 Å². The monoisotopic (exact) mass is 161 g/mol. The summed E-state index contributed by atoms with van der Waals surface area (Å²) < 4.78 is 0. The van der Waals surface area contributed by atoms with Crippen molar-refractivity contribution in [1.29, 1.82) is 0 Å². The van der Waals surface area contributed by atoms with Crippen molar-refractivity contribution >= 4 is 0 Å². The Morgan fingerprint density at radius 1 is 1.50 bits per heavy atom. The van der Waals surface area contributed by atoms with E-state index in [1.54, 1.807) is 18.5 Å². The zero-order valence-corrected chi connectivity index (χ0v) is 6.08. The maximum atomic E-state index is 5.12. The van der Waals surface area contributed by atoms with Crippen molar-refractivity contribution in [3.05, 3.63) is 37.1 Å². The van der Waals surface area contributed by atoms with E-state index in [1.807, 2.05) is 0 Å². The number of rotatable bonds is 2. The predicted molar refractivity (Wildman–Crippen MR) is 39.1 cm³/mol. The van der Waals surface area contributed by atoms with E-state index in [4.69, 9.17) is 4.84 Å². The highest BCUT2D eigenvalue weighted by molar-refractivity contribution is 5.01. The second-order valence-corrected chi connectivity index (χ2v) is 1.97. The number of hydrogen-bond donors (Lipinski definition) is 0. The lowest BCUT2D eigenvalue weighted by Gasteiger charge is -1.99. The minimum atomic E-state index is 0.341. The van der Waals surface area contributed by atoms with Crippen LogP contribution >= 0.6 is 0 Å². The molecule has 59 valence electrons. The van der Waals surface area contributed by atoms with Gasteiger partial charge in [-0.05, 0) is 6.07 Å². The Morgan fingerprint density at radius 2 is 2.50 bits per heavy atom. The highest BCUT2D eigenvalue weighted by Gasteiger charge is 1.94. The summed E-state index contributed by atoms with van der Waals surface area (Å²) in [6.07, 6.45) is 6.14. The van der Waals surface area contributed by atoms with Crippen LogP contribution in [0.25, 0.3) is 0 Å². The van der Waals surface area contributed by atoms with Crippen LogP contribution in [-0.4, -0.2) is 19.9 Å². The van der Waals surface area contributed by atoms with Crippen molar-refractivity contribution in [1.82, 2.24) is 19.9 Å². The van der Waals surface area contributed by atoms with Gasteiger partial charge in [-0.15, -0.1) is 5.10 Å². The molecule has 0 aliphatic carbocycles. The third-order valence-corrected chi connectivity index (χ3v) is 1.16. The zero-order chi connectivity index (χ0) is 8.23. The van der Waals surface area contributed by atoms with Crippen molar-refractivity contribution in [2.45, 2.75) is 0 Å². The maximum absolute atomic E-state index is 5.12. The summed E-state index contributed by atoms with van der Waals surface area (Å²) in [5, 5.41) is 3.83. The summed E-state index contributed by atoms with van der Waals surface area (Å²) >= 11 is 0. The Hall–Kier alpha value is -1.91. The van der Waals surface area contributed by atoms with Gasteiger partial charge in [-0.25, -0.2) is 4.98 Å². The van der Waals surface area contributed by atoms with Gasteiger partial charge in [0.1, 0.15) is 6.33 Å². The molecule has 0 aliphatic rings. The molecule has 0 amide bonds. The molecule has 2 aromatic rings. The molecule has 0 atom stereocenters. The minimum absolute atomic E-state index is 0.341. The fraction of sp³-hybridized carbons (Fsp3) is 0. The summed E-state index contributed by atoms with van der Waals surface area (Å²) in [4.78, 5) is 13.9. The van der Waals surface area contributed by atoms with E-state index < -0.39 is 0 Å². The largest absolute Gasteiger partial charge is 0.337 e. The third kappa shape index (κ3) is 1.39. The highest BCUT2D eigenvalue weighted by atomic mass is 16.7. The smallest absolute Gasteiger partial charge is 0.259 e. The van der Waals surface area contributed by atoms with E-state index >= 15 is 0 Å². The first-order valence-electron chi connectivity index (χ1n) is 3.31. The van der Waals surface area contributed by atoms with Crippen LogP contribution in [0.4, 0.5) is 0 Å². The van der Waals surface area contributed by atoms with Crippen LogP contribution < -0.4 is 4.84 Å². The number of nitrogens with zero attached hydrogens (tertiary/aromatic N) is 4. The predicted octanol–water partition coefficient (Wildman–Crippen LogP) is 0.315. The molecule has 5 heteroatoms. The molecule has 0 unspecified atom stereocenters. The Balaban J connectivity index is 2.15. The van der Waals surface area contributed by atoms with Gasteiger partial charge in [0.25, 0.3) is 5.88 Å². The molecular weight excluding hydrogens is 156 g/mol. The normalized spacial score (nSPS) is 9.67. The van der Waals surface area contributed by atoms with Gasteiger partial charge in [0.15, 0.2) is 0 Å². The van der Waals surface area contributed by atoms with Gasteiger partial charge in [-0.2, -0.15) is 4.98 Å². The van der Waals surface area contributed by atoms with Crippen molar-refractivity contribution in [3.63, 3.8) is 0 Å². The van der Waals surface area contributed by atoms with E-state index in [0.717, 1.165) is 0 Å². The van der Waals surface area contributed by atoms with Crippen LogP contribution in [0.3, 0.4) is 0 Å². The molecule has 0 saturated heterocycles. The molecule has 0 aromatic carbocycles. The molecule has 1 radical (unpaired) electrons. The Bertz CT molecular complexity index is 332. The Labute approximate surface area is 68.6 Å². The van der Waals surface area contributed by atoms with E-state index in [-0.39, 0.29) is 0 Å². The lowest BCUT2D eigenvalue weighted by atomic mass is 10.6. The second-order valence-electron chi connectivity index (χ2n) is 1.97. The van der Waals surface area contributed by atoms with E-state index in [9.17, 15) is 0 Å². The number of hydrogen-bond acceptors (Lipinski definition) is 4. The Kier molecular flexibility index (Phi) is 1.69. The first kappa shape index (κ1) is 6.78. The van der Waals surface area contributed by atoms with Crippen LogP contribution in [0.5, 0.6) is 5.88 Å². The van der Waals surface area contributed by atoms with Gasteiger partial charge in [-0.1, -0.05) is 4.85 Å². The maximum Gasteiger partial charge on any atom is 0.259 e. The SMILES string of the molecule is [c]1cncnc1On1cccn1. The van der Waals surface area contributed by atoms with Crippen LogP contribution in [0.2, 0.25) is 0 Å². The summed E-state index contributed by atoms with van der Waals surface area (Å²) in [7, 11) is 0. The van der Waals surface area contributed by atoms with Crippen LogP contribution in [-0.2, 0) is 0 Å². The lowest BCUT2D eigenvalue weighted by molar-refractivity contribution is 0.169. The van der Waals surface area contributed by atoms with Gasteiger partial charge in [0.2, 0.25) is 0 Å². The van der Waals surface area contributed by atoms with Crippen LogP contribution in [0.1, 0.15) is 0 Å². The lowest BCUT2D eigenvalue weighted by Crippen LogP contribution is -2.06. The molecule has 0 fully saturated rings. The average molecular weight is 161 g/mol. The summed E-state index contributed by atoms with van der Waals surface area (Å²) in [6, 6.07) is 4.45. The van der Waals surface area contributed by atoms with Gasteiger partial charge >= 0.3 is 0 Å². The standard InChI is InChI=1S/C7H5N4O/c1-3-10-11(5-1)12-7-2-4-8-6-9-7/h1,3-6H. The number of aromatic nitrogens is 4. The highest BCUT2D eigenvalue weighted by Crippen LogP contribution is 2.00. The van der Waals surface area contributed by atoms with E-state index in [2.05, 4.69) is 21.1 Å². The molecule has 0 spiro atoms. The topological polar surface area (TPSA) is 52.8 Å². The quantitative estimate of drug-likeness (QED) is 0.636. The zero-order valence-electron chi connectivity index (χ0n) is 6.08. The van der Waals surface area contributed by atoms with Gasteiger partial charge in [0, 0.05) is 6.20 Å². The molecule has 2 heterocycles. The van der Waals surface area contributed by atoms with Gasteiger partial charge in [-0.3, -0.25) is 0 Å².